The third-order valence-electron chi connectivity index (χ3n) is 5.53. The summed E-state index contributed by atoms with van der Waals surface area (Å²) in [6, 6.07) is 6.24. The lowest BCUT2D eigenvalue weighted by atomic mass is 9.93. The van der Waals surface area contributed by atoms with Crippen LogP contribution in [0.4, 0.5) is 20.7 Å². The number of rotatable bonds is 6. The number of ether oxygens (including phenoxy) is 1. The molecule has 4 rings (SSSR count). The molecule has 2 saturated heterocycles. The van der Waals surface area contributed by atoms with Gasteiger partial charge in [-0.05, 0) is 36.5 Å². The number of aliphatic hydroxyl groups excluding tert-OH is 1. The molecule has 2 N–H and O–H groups in total. The fourth-order valence-electron chi connectivity index (χ4n) is 3.89. The van der Waals surface area contributed by atoms with Gasteiger partial charge in [0, 0.05) is 17.6 Å². The molecule has 1 aromatic heterocycles. The van der Waals surface area contributed by atoms with E-state index in [0.29, 0.717) is 36.5 Å². The van der Waals surface area contributed by atoms with Crippen molar-refractivity contribution >= 4 is 33.2 Å². The van der Waals surface area contributed by atoms with Crippen molar-refractivity contribution in [1.82, 2.24) is 5.16 Å². The monoisotopic (exact) mass is 466 g/mol. The van der Waals surface area contributed by atoms with Crippen LogP contribution in [0, 0.1) is 5.82 Å². The lowest BCUT2D eigenvalue weighted by Gasteiger charge is -2.25. The quantitative estimate of drug-likeness (QED) is 0.661. The second-order valence-electron chi connectivity index (χ2n) is 7.69. The van der Waals surface area contributed by atoms with Gasteiger partial charge in [0.1, 0.15) is 24.8 Å². The van der Waals surface area contributed by atoms with Crippen LogP contribution >= 0.6 is 0 Å². The third kappa shape index (κ3) is 4.91. The number of carbonyl (C=O) groups excluding carboxylic acids is 2. The first kappa shape index (κ1) is 22.2. The molecule has 2 aromatic rings. The molecule has 10 nitrogen and oxygen atoms in total. The van der Waals surface area contributed by atoms with Crippen molar-refractivity contribution in [2.75, 3.05) is 41.4 Å². The van der Waals surface area contributed by atoms with E-state index in [2.05, 4.69) is 14.8 Å². The van der Waals surface area contributed by atoms with Crippen molar-refractivity contribution in [3.8, 4) is 0 Å². The molecule has 2 amide bonds. The molecule has 0 aliphatic carbocycles. The van der Waals surface area contributed by atoms with Crippen LogP contribution in [0.25, 0.3) is 0 Å². The van der Waals surface area contributed by atoms with Crippen molar-refractivity contribution in [2.45, 2.75) is 24.9 Å². The van der Waals surface area contributed by atoms with Gasteiger partial charge < -0.3 is 19.7 Å². The smallest absolute Gasteiger partial charge is 0.414 e. The maximum absolute atomic E-state index is 14.9. The van der Waals surface area contributed by atoms with Gasteiger partial charge >= 0.3 is 6.09 Å². The third-order valence-corrected chi connectivity index (χ3v) is 7.82. The predicted molar refractivity (Wildman–Crippen MR) is 113 cm³/mol. The molecule has 1 aromatic carbocycles. The summed E-state index contributed by atoms with van der Waals surface area (Å²) in [6.07, 6.45) is 1.27. The molecular weight excluding hydrogens is 443 g/mol. The normalized spacial score (nSPS) is 25.4. The average Bonchev–Trinajstić information content (AvgIpc) is 3.42. The first-order valence-corrected chi connectivity index (χ1v) is 12.0. The van der Waals surface area contributed by atoms with Crippen molar-refractivity contribution in [1.29, 1.82) is 0 Å². The van der Waals surface area contributed by atoms with Gasteiger partial charge in [-0.15, -0.1) is 0 Å². The summed E-state index contributed by atoms with van der Waals surface area (Å²) in [5.74, 6) is -0.549. The van der Waals surface area contributed by atoms with E-state index in [-0.39, 0.29) is 24.0 Å². The minimum atomic E-state index is -2.70. The van der Waals surface area contributed by atoms with E-state index in [1.165, 1.54) is 17.2 Å². The summed E-state index contributed by atoms with van der Waals surface area (Å²) in [5, 5.41) is 15.5. The van der Waals surface area contributed by atoms with Crippen LogP contribution < -0.4 is 10.2 Å². The van der Waals surface area contributed by atoms with Crippen LogP contribution in [0.15, 0.2) is 39.4 Å². The van der Waals surface area contributed by atoms with Crippen molar-refractivity contribution in [3.63, 3.8) is 0 Å². The maximum atomic E-state index is 14.9. The first-order chi connectivity index (χ1) is 15.4. The van der Waals surface area contributed by atoms with Crippen molar-refractivity contribution in [3.05, 3.63) is 41.9 Å². The van der Waals surface area contributed by atoms with E-state index in [1.807, 2.05) is 0 Å². The Morgan fingerprint density at radius 2 is 2.12 bits per heavy atom. The maximum Gasteiger partial charge on any atom is 0.414 e. The number of hydrogen-bond donors (Lipinski definition) is 2. The molecule has 3 heterocycles. The summed E-state index contributed by atoms with van der Waals surface area (Å²) < 4.78 is 41.2. The zero-order valence-corrected chi connectivity index (χ0v) is 17.9. The Labute approximate surface area is 183 Å². The van der Waals surface area contributed by atoms with Gasteiger partial charge in [0.15, 0.2) is 5.82 Å². The Hall–Kier alpha value is -2.99. The molecule has 0 bridgehead atoms. The molecule has 0 spiro atoms. The van der Waals surface area contributed by atoms with Crippen LogP contribution in [-0.2, 0) is 19.3 Å². The highest BCUT2D eigenvalue weighted by molar-refractivity contribution is 7.93. The first-order valence-electron chi connectivity index (χ1n) is 10.1. The Bertz CT molecular complexity index is 1100. The van der Waals surface area contributed by atoms with E-state index in [1.54, 1.807) is 18.2 Å². The summed E-state index contributed by atoms with van der Waals surface area (Å²) in [4.78, 5) is 24.9. The largest absolute Gasteiger partial charge is 0.442 e. The number of aliphatic hydroxyl groups is 1. The molecule has 172 valence electrons. The molecule has 2 fully saturated rings. The van der Waals surface area contributed by atoms with Crippen LogP contribution in [0.3, 0.4) is 0 Å². The fraction of sp³-hybridized carbons (Fsp3) is 0.450. The zero-order chi connectivity index (χ0) is 22.7. The van der Waals surface area contributed by atoms with E-state index in [4.69, 9.17) is 14.4 Å². The number of nitrogens with zero attached hydrogens (tertiary/aromatic N) is 3. The van der Waals surface area contributed by atoms with Gasteiger partial charge in [0.25, 0.3) is 5.91 Å². The number of cyclic esters (lactones) is 1. The van der Waals surface area contributed by atoms with Crippen LogP contribution in [0.5, 0.6) is 0 Å². The lowest BCUT2D eigenvalue weighted by Crippen LogP contribution is -2.27. The second-order valence-corrected chi connectivity index (χ2v) is 10.2. The molecule has 32 heavy (non-hydrogen) atoms. The molecule has 0 radical (unpaired) electrons. The van der Waals surface area contributed by atoms with Crippen LogP contribution in [0.2, 0.25) is 0 Å². The van der Waals surface area contributed by atoms with Crippen molar-refractivity contribution in [2.24, 2.45) is 4.36 Å². The Kier molecular flexibility index (Phi) is 6.42. The number of carbonyl (C=O) groups is 2. The Morgan fingerprint density at radius 1 is 1.34 bits per heavy atom. The fourth-order valence-corrected chi connectivity index (χ4v) is 6.01. The van der Waals surface area contributed by atoms with Crippen LogP contribution in [0.1, 0.15) is 24.3 Å². The number of aromatic nitrogens is 1. The Morgan fingerprint density at radius 3 is 2.78 bits per heavy atom. The lowest BCUT2D eigenvalue weighted by molar-refractivity contribution is -0.120. The summed E-state index contributed by atoms with van der Waals surface area (Å²) in [5.41, 5.74) is 0.865. The number of benzene rings is 1. The standard InChI is InChI=1S/C20H23FN4O6S/c21-17-9-14(25-11-15(31-20(25)28)10-22-18-3-6-30-23-18)1-2-16(17)13-4-7-32(29,8-5-13)24-19(27)12-26/h1-3,6,9,13,15,26H,4-5,7-8,10-12H2,(H,22,23)/t13-,15-,32+/m0/s1. The molecule has 0 saturated carbocycles. The van der Waals surface area contributed by atoms with Gasteiger partial charge in [0.05, 0.1) is 28.5 Å². The molecular formula is C20H23FN4O6S. The number of anilines is 2. The summed E-state index contributed by atoms with van der Waals surface area (Å²) in [6.45, 7) is -0.179. The second kappa shape index (κ2) is 9.25. The Balaban J connectivity index is 1.39. The number of hydrogen-bond acceptors (Lipinski definition) is 8. The molecule has 12 heteroatoms. The van der Waals surface area contributed by atoms with Crippen LogP contribution in [-0.4, -0.2) is 63.8 Å². The molecule has 1 atom stereocenters. The van der Waals surface area contributed by atoms with Gasteiger partial charge in [-0.25, -0.2) is 13.4 Å². The molecule has 0 unspecified atom stereocenters. The predicted octanol–water partition coefficient (Wildman–Crippen LogP) is 2.12. The highest BCUT2D eigenvalue weighted by Gasteiger charge is 2.33. The van der Waals surface area contributed by atoms with E-state index >= 15 is 0 Å². The average molecular weight is 466 g/mol. The number of nitrogens with one attached hydrogen (secondary N) is 1. The zero-order valence-electron chi connectivity index (χ0n) is 17.1. The summed E-state index contributed by atoms with van der Waals surface area (Å²) >= 11 is 0. The molecule has 2 aliphatic rings. The van der Waals surface area contributed by atoms with E-state index < -0.39 is 40.3 Å². The van der Waals surface area contributed by atoms with Gasteiger partial charge in [0.2, 0.25) is 0 Å². The van der Waals surface area contributed by atoms with Crippen molar-refractivity contribution < 1.29 is 32.6 Å². The number of halogens is 1. The van der Waals surface area contributed by atoms with Gasteiger partial charge in [-0.3, -0.25) is 9.69 Å². The highest BCUT2D eigenvalue weighted by Crippen LogP contribution is 2.34. The topological polar surface area (TPSA) is 134 Å². The SMILES string of the molecule is O=C(CO)N=[S@]1(=O)CC[C@@H](c2ccc(N3C[C@H](CNc4ccon4)OC3=O)cc2F)CC1. The minimum Gasteiger partial charge on any atom is -0.442 e. The van der Waals surface area contributed by atoms with Gasteiger partial charge in [-0.2, -0.15) is 4.36 Å². The highest BCUT2D eigenvalue weighted by atomic mass is 32.2. The van der Waals surface area contributed by atoms with E-state index in [9.17, 15) is 18.2 Å². The summed E-state index contributed by atoms with van der Waals surface area (Å²) in [7, 11) is -2.70. The van der Waals surface area contributed by atoms with Gasteiger partial charge in [-0.1, -0.05) is 11.2 Å². The minimum absolute atomic E-state index is 0.164. The number of amides is 2. The molecule has 2 aliphatic heterocycles. The van der Waals surface area contributed by atoms with E-state index in [0.717, 1.165) is 0 Å².